The van der Waals surface area contributed by atoms with Gasteiger partial charge in [0.05, 0.1) is 0 Å². The van der Waals surface area contributed by atoms with E-state index >= 15 is 0 Å². The van der Waals surface area contributed by atoms with Gasteiger partial charge in [-0.05, 0) is 36.6 Å². The molecule has 0 radical (unpaired) electrons. The lowest BCUT2D eigenvalue weighted by molar-refractivity contribution is 0.280. The molecule has 0 aliphatic rings. The zero-order chi connectivity index (χ0) is 12.3. The van der Waals surface area contributed by atoms with Gasteiger partial charge < -0.3 is 5.32 Å². The molecule has 1 aromatic rings. The zero-order valence-electron chi connectivity index (χ0n) is 10.3. The summed E-state index contributed by atoms with van der Waals surface area (Å²) in [5, 5.41) is 3.78. The third-order valence-electron chi connectivity index (χ3n) is 2.83. The maximum atomic E-state index is 12.9. The van der Waals surface area contributed by atoms with Crippen molar-refractivity contribution in [3.63, 3.8) is 0 Å². The van der Waals surface area contributed by atoms with Gasteiger partial charge in [0.15, 0.2) is 0 Å². The SMILES string of the molecule is CNC(Cc1ccc(F)cc1Cl)C(C)(C)C. The molecule has 0 aliphatic heterocycles. The highest BCUT2D eigenvalue weighted by molar-refractivity contribution is 6.31. The van der Waals surface area contributed by atoms with Crippen LogP contribution in [-0.2, 0) is 6.42 Å². The maximum absolute atomic E-state index is 12.9. The van der Waals surface area contributed by atoms with Crippen molar-refractivity contribution in [1.29, 1.82) is 0 Å². The van der Waals surface area contributed by atoms with Gasteiger partial charge in [-0.3, -0.25) is 0 Å². The minimum atomic E-state index is -0.287. The van der Waals surface area contributed by atoms with Crippen molar-refractivity contribution >= 4 is 11.6 Å². The third-order valence-corrected chi connectivity index (χ3v) is 3.18. The smallest absolute Gasteiger partial charge is 0.124 e. The van der Waals surface area contributed by atoms with Gasteiger partial charge >= 0.3 is 0 Å². The quantitative estimate of drug-likeness (QED) is 0.855. The molecule has 16 heavy (non-hydrogen) atoms. The summed E-state index contributed by atoms with van der Waals surface area (Å²) in [4.78, 5) is 0. The molecule has 1 N–H and O–H groups in total. The van der Waals surface area contributed by atoms with Crippen LogP contribution in [-0.4, -0.2) is 13.1 Å². The summed E-state index contributed by atoms with van der Waals surface area (Å²) in [7, 11) is 1.94. The van der Waals surface area contributed by atoms with E-state index in [1.165, 1.54) is 12.1 Å². The van der Waals surface area contributed by atoms with E-state index in [0.717, 1.165) is 12.0 Å². The third kappa shape index (κ3) is 3.46. The molecule has 1 atom stereocenters. The molecule has 0 spiro atoms. The molecule has 90 valence electrons. The van der Waals surface area contributed by atoms with Crippen LogP contribution in [0.15, 0.2) is 18.2 Å². The molecule has 0 bridgehead atoms. The monoisotopic (exact) mass is 243 g/mol. The Hall–Kier alpha value is -0.600. The van der Waals surface area contributed by atoms with E-state index in [1.54, 1.807) is 6.07 Å². The van der Waals surface area contributed by atoms with E-state index in [9.17, 15) is 4.39 Å². The molecule has 0 amide bonds. The van der Waals surface area contributed by atoms with Crippen molar-refractivity contribution in [2.24, 2.45) is 5.41 Å². The minimum Gasteiger partial charge on any atom is -0.316 e. The fraction of sp³-hybridized carbons (Fsp3) is 0.538. The number of halogens is 2. The van der Waals surface area contributed by atoms with Crippen LogP contribution in [0.2, 0.25) is 5.02 Å². The molecule has 0 fully saturated rings. The summed E-state index contributed by atoms with van der Waals surface area (Å²) in [6, 6.07) is 4.90. The van der Waals surface area contributed by atoms with Crippen molar-refractivity contribution in [3.05, 3.63) is 34.6 Å². The molecule has 0 aliphatic carbocycles. The Morgan fingerprint density at radius 1 is 1.38 bits per heavy atom. The van der Waals surface area contributed by atoms with E-state index in [2.05, 4.69) is 26.1 Å². The fourth-order valence-electron chi connectivity index (χ4n) is 1.75. The summed E-state index contributed by atoms with van der Waals surface area (Å²) in [5.74, 6) is -0.287. The summed E-state index contributed by atoms with van der Waals surface area (Å²) in [6.45, 7) is 6.52. The van der Waals surface area contributed by atoms with E-state index in [-0.39, 0.29) is 11.2 Å². The normalized spacial score (nSPS) is 13.9. The summed E-state index contributed by atoms with van der Waals surface area (Å²) < 4.78 is 12.9. The molecule has 0 saturated heterocycles. The Kier molecular flexibility index (Phi) is 4.34. The van der Waals surface area contributed by atoms with Crippen LogP contribution < -0.4 is 5.32 Å². The first-order chi connectivity index (χ1) is 7.34. The number of benzene rings is 1. The van der Waals surface area contributed by atoms with Crippen LogP contribution in [0, 0.1) is 11.2 Å². The van der Waals surface area contributed by atoms with Crippen molar-refractivity contribution in [1.82, 2.24) is 5.32 Å². The lowest BCUT2D eigenvalue weighted by Crippen LogP contribution is -2.39. The van der Waals surface area contributed by atoms with Gasteiger partial charge in [0, 0.05) is 11.1 Å². The number of likely N-dealkylation sites (N-methyl/N-ethyl adjacent to an activating group) is 1. The van der Waals surface area contributed by atoms with Crippen LogP contribution in [0.3, 0.4) is 0 Å². The van der Waals surface area contributed by atoms with Crippen molar-refractivity contribution in [2.75, 3.05) is 7.05 Å². The van der Waals surface area contributed by atoms with E-state index < -0.39 is 0 Å². The Morgan fingerprint density at radius 2 is 2.00 bits per heavy atom. The number of hydrogen-bond donors (Lipinski definition) is 1. The molecule has 1 rings (SSSR count). The van der Waals surface area contributed by atoms with Gasteiger partial charge in [0.2, 0.25) is 0 Å². The molecular weight excluding hydrogens is 225 g/mol. The maximum Gasteiger partial charge on any atom is 0.124 e. The van der Waals surface area contributed by atoms with Gasteiger partial charge in [-0.2, -0.15) is 0 Å². The average molecular weight is 244 g/mol. The predicted octanol–water partition coefficient (Wildman–Crippen LogP) is 3.66. The van der Waals surface area contributed by atoms with Gasteiger partial charge in [-0.1, -0.05) is 38.4 Å². The first-order valence-electron chi connectivity index (χ1n) is 5.46. The fourth-order valence-corrected chi connectivity index (χ4v) is 1.99. The van der Waals surface area contributed by atoms with Crippen molar-refractivity contribution < 1.29 is 4.39 Å². The standard InChI is InChI=1S/C13H19ClFN/c1-13(2,3)12(16-4)7-9-5-6-10(15)8-11(9)14/h5-6,8,12,16H,7H2,1-4H3. The van der Waals surface area contributed by atoms with Gasteiger partial charge in [0.25, 0.3) is 0 Å². The lowest BCUT2D eigenvalue weighted by atomic mass is 9.83. The Bertz CT molecular complexity index is 357. The number of rotatable bonds is 3. The number of hydrogen-bond acceptors (Lipinski definition) is 1. The molecule has 0 aromatic heterocycles. The molecule has 1 nitrogen and oxygen atoms in total. The molecule has 0 saturated carbocycles. The lowest BCUT2D eigenvalue weighted by Gasteiger charge is -2.30. The van der Waals surface area contributed by atoms with E-state index in [4.69, 9.17) is 11.6 Å². The van der Waals surface area contributed by atoms with E-state index in [1.807, 2.05) is 7.05 Å². The summed E-state index contributed by atoms with van der Waals surface area (Å²) >= 11 is 6.01. The van der Waals surface area contributed by atoms with Crippen LogP contribution in [0.4, 0.5) is 4.39 Å². The molecular formula is C13H19ClFN. The summed E-state index contributed by atoms with van der Waals surface area (Å²) in [6.07, 6.45) is 0.805. The second-order valence-corrected chi connectivity index (χ2v) is 5.55. The highest BCUT2D eigenvalue weighted by atomic mass is 35.5. The van der Waals surface area contributed by atoms with E-state index in [0.29, 0.717) is 11.1 Å². The second kappa shape index (κ2) is 5.15. The Balaban J connectivity index is 2.86. The van der Waals surface area contributed by atoms with Crippen molar-refractivity contribution in [2.45, 2.75) is 33.2 Å². The molecule has 1 unspecified atom stereocenters. The molecule has 0 heterocycles. The van der Waals surface area contributed by atoms with Crippen LogP contribution >= 0.6 is 11.6 Å². The second-order valence-electron chi connectivity index (χ2n) is 5.15. The van der Waals surface area contributed by atoms with Crippen LogP contribution in [0.5, 0.6) is 0 Å². The number of nitrogens with one attached hydrogen (secondary N) is 1. The first-order valence-corrected chi connectivity index (χ1v) is 5.83. The van der Waals surface area contributed by atoms with Gasteiger partial charge in [0.1, 0.15) is 5.82 Å². The zero-order valence-corrected chi connectivity index (χ0v) is 11.0. The highest BCUT2D eigenvalue weighted by Crippen LogP contribution is 2.25. The van der Waals surface area contributed by atoms with Crippen LogP contribution in [0.1, 0.15) is 26.3 Å². The highest BCUT2D eigenvalue weighted by Gasteiger charge is 2.23. The predicted molar refractivity (Wildman–Crippen MR) is 67.4 cm³/mol. The van der Waals surface area contributed by atoms with Gasteiger partial charge in [-0.25, -0.2) is 4.39 Å². The molecule has 3 heteroatoms. The summed E-state index contributed by atoms with van der Waals surface area (Å²) in [5.41, 5.74) is 1.13. The largest absolute Gasteiger partial charge is 0.316 e. The first kappa shape index (κ1) is 13.5. The topological polar surface area (TPSA) is 12.0 Å². The van der Waals surface area contributed by atoms with Gasteiger partial charge in [-0.15, -0.1) is 0 Å². The van der Waals surface area contributed by atoms with Crippen LogP contribution in [0.25, 0.3) is 0 Å². The Morgan fingerprint density at radius 3 is 2.44 bits per heavy atom. The van der Waals surface area contributed by atoms with Crippen molar-refractivity contribution in [3.8, 4) is 0 Å². The Labute approximate surface area is 102 Å². The average Bonchev–Trinajstić information content (AvgIpc) is 2.14. The minimum absolute atomic E-state index is 0.145. The molecule has 1 aromatic carbocycles.